The van der Waals surface area contributed by atoms with E-state index in [9.17, 15) is 0 Å². The van der Waals surface area contributed by atoms with Gasteiger partial charge in [0.05, 0.1) is 18.3 Å². The average molecular weight is 213 g/mol. The molecule has 4 unspecified atom stereocenters. The van der Waals surface area contributed by atoms with Crippen molar-refractivity contribution in [2.45, 2.75) is 70.4 Å². The number of rotatable bonds is 2. The summed E-state index contributed by atoms with van der Waals surface area (Å²) in [6.45, 7) is 7.40. The van der Waals surface area contributed by atoms with E-state index in [1.807, 2.05) is 0 Å². The van der Waals surface area contributed by atoms with E-state index in [1.165, 1.54) is 0 Å². The molecule has 3 nitrogen and oxygen atoms in total. The van der Waals surface area contributed by atoms with Crippen LogP contribution in [0.25, 0.3) is 0 Å². The Kier molecular flexibility index (Phi) is 3.65. The molecule has 0 aliphatic carbocycles. The molecule has 1 N–H and O–H groups in total. The summed E-state index contributed by atoms with van der Waals surface area (Å²) in [5.41, 5.74) is 0. The quantitative estimate of drug-likeness (QED) is 0.757. The van der Waals surface area contributed by atoms with Gasteiger partial charge in [0.25, 0.3) is 0 Å². The minimum Gasteiger partial charge on any atom is -0.377 e. The van der Waals surface area contributed by atoms with Gasteiger partial charge in [0.2, 0.25) is 0 Å². The van der Waals surface area contributed by atoms with Crippen molar-refractivity contribution in [1.82, 2.24) is 5.32 Å². The largest absolute Gasteiger partial charge is 0.377 e. The molecular formula is C12H23NO2. The second kappa shape index (κ2) is 4.81. The van der Waals surface area contributed by atoms with Gasteiger partial charge < -0.3 is 14.8 Å². The first-order valence-electron chi connectivity index (χ1n) is 6.18. The van der Waals surface area contributed by atoms with Gasteiger partial charge in [-0.3, -0.25) is 0 Å². The predicted octanol–water partition coefficient (Wildman–Crippen LogP) is 1.71. The highest BCUT2D eigenvalue weighted by molar-refractivity contribution is 4.86. The number of nitrogens with one attached hydrogen (secondary N) is 1. The molecule has 0 amide bonds. The fraction of sp³-hybridized carbons (Fsp3) is 1.00. The van der Waals surface area contributed by atoms with E-state index in [0.717, 1.165) is 25.9 Å². The molecule has 3 heteroatoms. The maximum absolute atomic E-state index is 5.74. The molecule has 4 atom stereocenters. The molecule has 0 aromatic carbocycles. The minimum absolute atomic E-state index is 0.374. The number of hydrogen-bond donors (Lipinski definition) is 1. The van der Waals surface area contributed by atoms with Crippen LogP contribution in [0.15, 0.2) is 0 Å². The van der Waals surface area contributed by atoms with Crippen LogP contribution in [-0.2, 0) is 9.47 Å². The van der Waals surface area contributed by atoms with Gasteiger partial charge in [-0.05, 0) is 40.0 Å². The highest BCUT2D eigenvalue weighted by atomic mass is 16.5. The molecule has 2 aliphatic rings. The molecule has 2 heterocycles. The van der Waals surface area contributed by atoms with Crippen molar-refractivity contribution in [2.24, 2.45) is 0 Å². The normalized spacial score (nSPS) is 47.0. The van der Waals surface area contributed by atoms with Crippen molar-refractivity contribution >= 4 is 0 Å². The molecular weight excluding hydrogens is 190 g/mol. The lowest BCUT2D eigenvalue weighted by Crippen LogP contribution is -2.47. The standard InChI is InChI=1S/C12H23NO2/c1-8-6-11(7-9(2)15-8)13-12-4-5-14-10(12)3/h8-13H,4-7H2,1-3H3. The predicted molar refractivity (Wildman–Crippen MR) is 60.0 cm³/mol. The van der Waals surface area contributed by atoms with Crippen LogP contribution >= 0.6 is 0 Å². The highest BCUT2D eigenvalue weighted by Crippen LogP contribution is 2.22. The van der Waals surface area contributed by atoms with Crippen molar-refractivity contribution in [3.8, 4) is 0 Å². The third kappa shape index (κ3) is 2.92. The molecule has 2 saturated heterocycles. The Bertz CT molecular complexity index is 200. The Balaban J connectivity index is 1.83. The van der Waals surface area contributed by atoms with E-state index in [0.29, 0.717) is 30.4 Å². The molecule has 0 saturated carbocycles. The highest BCUT2D eigenvalue weighted by Gasteiger charge is 2.30. The average Bonchev–Trinajstić information content (AvgIpc) is 2.50. The molecule has 2 aliphatic heterocycles. The summed E-state index contributed by atoms with van der Waals surface area (Å²) in [6.07, 6.45) is 4.58. The van der Waals surface area contributed by atoms with E-state index in [-0.39, 0.29) is 0 Å². The van der Waals surface area contributed by atoms with Crippen LogP contribution in [0.4, 0.5) is 0 Å². The van der Waals surface area contributed by atoms with Crippen molar-refractivity contribution in [1.29, 1.82) is 0 Å². The maximum Gasteiger partial charge on any atom is 0.0700 e. The SMILES string of the molecule is CC1CC(NC2CCOC2C)CC(C)O1. The van der Waals surface area contributed by atoms with Crippen LogP contribution in [0.2, 0.25) is 0 Å². The first-order chi connectivity index (χ1) is 7.15. The fourth-order valence-corrected chi connectivity index (χ4v) is 2.79. The second-order valence-corrected chi connectivity index (χ2v) is 5.06. The van der Waals surface area contributed by atoms with Crippen molar-refractivity contribution < 1.29 is 9.47 Å². The van der Waals surface area contributed by atoms with Gasteiger partial charge in [0.1, 0.15) is 0 Å². The molecule has 0 aromatic rings. The molecule has 15 heavy (non-hydrogen) atoms. The van der Waals surface area contributed by atoms with E-state index >= 15 is 0 Å². The van der Waals surface area contributed by atoms with E-state index in [1.54, 1.807) is 0 Å². The zero-order chi connectivity index (χ0) is 10.8. The molecule has 0 radical (unpaired) electrons. The van der Waals surface area contributed by atoms with Crippen LogP contribution in [0.3, 0.4) is 0 Å². The Morgan fingerprint density at radius 2 is 1.73 bits per heavy atom. The Morgan fingerprint density at radius 3 is 2.27 bits per heavy atom. The molecule has 0 aromatic heterocycles. The summed E-state index contributed by atoms with van der Waals surface area (Å²) in [5.74, 6) is 0. The molecule has 2 rings (SSSR count). The van der Waals surface area contributed by atoms with Gasteiger partial charge >= 0.3 is 0 Å². The maximum atomic E-state index is 5.74. The van der Waals surface area contributed by atoms with Crippen molar-refractivity contribution in [2.75, 3.05) is 6.61 Å². The van der Waals surface area contributed by atoms with Crippen LogP contribution in [0, 0.1) is 0 Å². The monoisotopic (exact) mass is 213 g/mol. The van der Waals surface area contributed by atoms with Crippen molar-refractivity contribution in [3.05, 3.63) is 0 Å². The topological polar surface area (TPSA) is 30.5 Å². The van der Waals surface area contributed by atoms with Crippen LogP contribution < -0.4 is 5.32 Å². The van der Waals surface area contributed by atoms with Crippen LogP contribution in [0.5, 0.6) is 0 Å². The summed E-state index contributed by atoms with van der Waals surface area (Å²) in [5, 5.41) is 3.72. The Hall–Kier alpha value is -0.120. The minimum atomic E-state index is 0.374. The van der Waals surface area contributed by atoms with Gasteiger partial charge in [-0.15, -0.1) is 0 Å². The Morgan fingerprint density at radius 1 is 1.07 bits per heavy atom. The summed E-state index contributed by atoms with van der Waals surface area (Å²) in [4.78, 5) is 0. The molecule has 0 bridgehead atoms. The molecule has 2 fully saturated rings. The Labute approximate surface area is 92.5 Å². The van der Waals surface area contributed by atoms with E-state index in [4.69, 9.17) is 9.47 Å². The lowest BCUT2D eigenvalue weighted by molar-refractivity contribution is -0.0446. The fourth-order valence-electron chi connectivity index (χ4n) is 2.79. The number of hydrogen-bond acceptors (Lipinski definition) is 3. The smallest absolute Gasteiger partial charge is 0.0700 e. The van der Waals surface area contributed by atoms with Gasteiger partial charge in [-0.25, -0.2) is 0 Å². The zero-order valence-corrected chi connectivity index (χ0v) is 10.0. The molecule has 0 spiro atoms. The van der Waals surface area contributed by atoms with Crippen molar-refractivity contribution in [3.63, 3.8) is 0 Å². The summed E-state index contributed by atoms with van der Waals surface area (Å²) in [7, 11) is 0. The third-order valence-electron chi connectivity index (χ3n) is 3.52. The van der Waals surface area contributed by atoms with Gasteiger partial charge in [-0.2, -0.15) is 0 Å². The summed E-state index contributed by atoms with van der Waals surface area (Å²) >= 11 is 0. The first kappa shape index (κ1) is 11.4. The van der Waals surface area contributed by atoms with Crippen LogP contribution in [-0.4, -0.2) is 37.0 Å². The van der Waals surface area contributed by atoms with E-state index < -0.39 is 0 Å². The zero-order valence-electron chi connectivity index (χ0n) is 10.0. The molecule has 88 valence electrons. The summed E-state index contributed by atoms with van der Waals surface area (Å²) < 4.78 is 11.3. The number of ether oxygens (including phenoxy) is 2. The van der Waals surface area contributed by atoms with Crippen LogP contribution in [0.1, 0.15) is 40.0 Å². The summed E-state index contributed by atoms with van der Waals surface area (Å²) in [6, 6.07) is 1.16. The lowest BCUT2D eigenvalue weighted by Gasteiger charge is -2.34. The first-order valence-corrected chi connectivity index (χ1v) is 6.18. The van der Waals surface area contributed by atoms with E-state index in [2.05, 4.69) is 26.1 Å². The van der Waals surface area contributed by atoms with Gasteiger partial charge in [0, 0.05) is 18.7 Å². The lowest BCUT2D eigenvalue weighted by atomic mass is 9.98. The second-order valence-electron chi connectivity index (χ2n) is 5.06. The van der Waals surface area contributed by atoms with Gasteiger partial charge in [0.15, 0.2) is 0 Å². The van der Waals surface area contributed by atoms with Gasteiger partial charge in [-0.1, -0.05) is 0 Å². The third-order valence-corrected chi connectivity index (χ3v) is 3.52.